The van der Waals surface area contributed by atoms with Crippen molar-refractivity contribution < 1.29 is 19.8 Å². The Labute approximate surface area is 135 Å². The highest BCUT2D eigenvalue weighted by atomic mass is 16.4. The number of nitrogen functional groups attached to an aromatic ring is 1. The molecule has 0 bridgehead atoms. The number of aliphatic hydroxyl groups is 1. The molecule has 0 fully saturated rings. The van der Waals surface area contributed by atoms with Crippen LogP contribution >= 0.6 is 0 Å². The van der Waals surface area contributed by atoms with Crippen LogP contribution in [0.15, 0.2) is 24.3 Å². The van der Waals surface area contributed by atoms with Crippen LogP contribution in [0, 0.1) is 5.41 Å². The fourth-order valence-electron chi connectivity index (χ4n) is 2.32. The molecule has 0 amide bonds. The SMILES string of the molecule is CC(C)(C(=O)CCCc1ccc(N)cc1)C(N)[C@](N)(O)C(=O)O. The smallest absolute Gasteiger partial charge is 0.352 e. The Hall–Kier alpha value is -1.96. The highest BCUT2D eigenvalue weighted by Gasteiger charge is 2.49. The second-order valence-electron chi connectivity index (χ2n) is 6.35. The average Bonchev–Trinajstić information content (AvgIpc) is 2.48. The van der Waals surface area contributed by atoms with Gasteiger partial charge in [0, 0.05) is 17.5 Å². The van der Waals surface area contributed by atoms with Crippen molar-refractivity contribution >= 4 is 17.4 Å². The number of Topliss-reactive ketones (excluding diaryl/α,β-unsaturated/α-hetero) is 1. The van der Waals surface area contributed by atoms with Gasteiger partial charge in [0.25, 0.3) is 0 Å². The van der Waals surface area contributed by atoms with Crippen molar-refractivity contribution in [3.63, 3.8) is 0 Å². The quantitative estimate of drug-likeness (QED) is 0.339. The Morgan fingerprint density at radius 3 is 2.22 bits per heavy atom. The Morgan fingerprint density at radius 1 is 1.22 bits per heavy atom. The van der Waals surface area contributed by atoms with E-state index in [0.717, 1.165) is 5.56 Å². The fourth-order valence-corrected chi connectivity index (χ4v) is 2.32. The number of anilines is 1. The van der Waals surface area contributed by atoms with Gasteiger partial charge in [0.2, 0.25) is 5.72 Å². The third kappa shape index (κ3) is 4.51. The average molecular weight is 323 g/mol. The number of aliphatic carboxylic acids is 1. The summed E-state index contributed by atoms with van der Waals surface area (Å²) in [5, 5.41) is 18.7. The minimum atomic E-state index is -2.66. The molecule has 0 saturated heterocycles. The van der Waals surface area contributed by atoms with E-state index in [0.29, 0.717) is 18.5 Å². The number of hydrogen-bond donors (Lipinski definition) is 5. The van der Waals surface area contributed by atoms with E-state index in [2.05, 4.69) is 0 Å². The molecule has 0 aromatic heterocycles. The molecule has 7 heteroatoms. The first-order valence-electron chi connectivity index (χ1n) is 7.37. The number of rotatable bonds is 8. The van der Waals surface area contributed by atoms with E-state index in [1.165, 1.54) is 13.8 Å². The van der Waals surface area contributed by atoms with Gasteiger partial charge in [0.05, 0.1) is 6.04 Å². The zero-order valence-electron chi connectivity index (χ0n) is 13.5. The number of hydrogen-bond acceptors (Lipinski definition) is 6. The molecule has 2 atom stereocenters. The maximum atomic E-state index is 12.4. The Kier molecular flexibility index (Phi) is 5.87. The van der Waals surface area contributed by atoms with Crippen LogP contribution in [0.1, 0.15) is 32.3 Å². The first-order valence-corrected chi connectivity index (χ1v) is 7.37. The lowest BCUT2D eigenvalue weighted by Gasteiger charge is -2.37. The molecule has 0 radical (unpaired) electrons. The standard InChI is InChI=1S/C16H25N3O4/c1-15(2,13(18)16(19,23)14(21)22)12(20)5-3-4-10-6-8-11(17)9-7-10/h6-9,13,23H,3-5,17-19H2,1-2H3,(H,21,22)/t13?,16-/m0/s1. The molecule has 1 unspecified atom stereocenters. The molecule has 0 aliphatic rings. The molecular formula is C16H25N3O4. The van der Waals surface area contributed by atoms with E-state index in [4.69, 9.17) is 22.3 Å². The van der Waals surface area contributed by atoms with E-state index in [9.17, 15) is 14.7 Å². The monoisotopic (exact) mass is 323 g/mol. The summed E-state index contributed by atoms with van der Waals surface area (Å²) in [6.07, 6.45) is 1.47. The van der Waals surface area contributed by atoms with Gasteiger partial charge >= 0.3 is 5.97 Å². The molecule has 1 rings (SSSR count). The normalized spacial score (nSPS) is 15.7. The molecule has 1 aromatic rings. The molecule has 0 aliphatic carbocycles. The number of ketones is 1. The van der Waals surface area contributed by atoms with Gasteiger partial charge in [-0.15, -0.1) is 0 Å². The maximum Gasteiger partial charge on any atom is 0.352 e. The summed E-state index contributed by atoms with van der Waals surface area (Å²) in [5.74, 6) is -1.90. The van der Waals surface area contributed by atoms with Crippen molar-refractivity contribution in [2.45, 2.75) is 44.9 Å². The summed E-state index contributed by atoms with van der Waals surface area (Å²) >= 11 is 0. The number of carbonyl (C=O) groups is 2. The van der Waals surface area contributed by atoms with Gasteiger partial charge in [-0.2, -0.15) is 0 Å². The molecule has 0 spiro atoms. The summed E-state index contributed by atoms with van der Waals surface area (Å²) in [6.45, 7) is 2.98. The van der Waals surface area contributed by atoms with Crippen molar-refractivity contribution in [3.05, 3.63) is 29.8 Å². The highest BCUT2D eigenvalue weighted by molar-refractivity contribution is 5.87. The van der Waals surface area contributed by atoms with Crippen molar-refractivity contribution in [2.75, 3.05) is 5.73 Å². The van der Waals surface area contributed by atoms with E-state index < -0.39 is 23.2 Å². The molecular weight excluding hydrogens is 298 g/mol. The molecule has 8 N–H and O–H groups in total. The molecule has 23 heavy (non-hydrogen) atoms. The Morgan fingerprint density at radius 2 is 1.74 bits per heavy atom. The van der Waals surface area contributed by atoms with Crippen molar-refractivity contribution in [1.29, 1.82) is 0 Å². The van der Waals surface area contributed by atoms with Gasteiger partial charge in [-0.3, -0.25) is 10.5 Å². The van der Waals surface area contributed by atoms with Gasteiger partial charge in [-0.1, -0.05) is 26.0 Å². The fraction of sp³-hybridized carbons (Fsp3) is 0.500. The van der Waals surface area contributed by atoms with E-state index in [1.54, 1.807) is 12.1 Å². The second kappa shape index (κ2) is 7.08. The van der Waals surface area contributed by atoms with E-state index in [1.807, 2.05) is 12.1 Å². The Bertz CT molecular complexity index is 567. The lowest BCUT2D eigenvalue weighted by Crippen LogP contribution is -2.67. The van der Waals surface area contributed by atoms with Crippen molar-refractivity contribution in [3.8, 4) is 0 Å². The molecule has 128 valence electrons. The molecule has 0 aliphatic heterocycles. The summed E-state index contributed by atoms with van der Waals surface area (Å²) in [4.78, 5) is 23.3. The number of carboxylic acid groups (broad SMARTS) is 1. The van der Waals surface area contributed by atoms with Crippen LogP contribution in [0.2, 0.25) is 0 Å². The van der Waals surface area contributed by atoms with Crippen LogP contribution in [0.4, 0.5) is 5.69 Å². The number of benzene rings is 1. The third-order valence-corrected chi connectivity index (χ3v) is 4.16. The highest BCUT2D eigenvalue weighted by Crippen LogP contribution is 2.28. The number of nitrogens with two attached hydrogens (primary N) is 3. The van der Waals surface area contributed by atoms with Crippen LogP contribution < -0.4 is 17.2 Å². The number of carboxylic acids is 1. The van der Waals surface area contributed by atoms with Gasteiger partial charge < -0.3 is 21.7 Å². The predicted molar refractivity (Wildman–Crippen MR) is 87.3 cm³/mol. The zero-order chi connectivity index (χ0) is 17.8. The minimum Gasteiger partial charge on any atom is -0.478 e. The topological polar surface area (TPSA) is 153 Å². The summed E-state index contributed by atoms with van der Waals surface area (Å²) in [5.41, 5.74) is 14.5. The van der Waals surface area contributed by atoms with Crippen LogP contribution in [0.5, 0.6) is 0 Å². The van der Waals surface area contributed by atoms with E-state index >= 15 is 0 Å². The van der Waals surface area contributed by atoms with Crippen LogP contribution in [0.3, 0.4) is 0 Å². The van der Waals surface area contributed by atoms with Crippen molar-refractivity contribution in [1.82, 2.24) is 0 Å². The number of carbonyl (C=O) groups excluding carboxylic acids is 1. The predicted octanol–water partition coefficient (Wildman–Crippen LogP) is 0.246. The van der Waals surface area contributed by atoms with Crippen molar-refractivity contribution in [2.24, 2.45) is 16.9 Å². The summed E-state index contributed by atoms with van der Waals surface area (Å²) < 4.78 is 0. The van der Waals surface area contributed by atoms with Gasteiger partial charge in [-0.25, -0.2) is 4.79 Å². The van der Waals surface area contributed by atoms with E-state index in [-0.39, 0.29) is 12.2 Å². The molecule has 7 nitrogen and oxygen atoms in total. The lowest BCUT2D eigenvalue weighted by atomic mass is 9.74. The lowest BCUT2D eigenvalue weighted by molar-refractivity contribution is -0.165. The van der Waals surface area contributed by atoms with Gasteiger partial charge in [0.1, 0.15) is 5.78 Å². The summed E-state index contributed by atoms with van der Waals surface area (Å²) in [6, 6.07) is 5.94. The first kappa shape index (κ1) is 19.1. The zero-order valence-corrected chi connectivity index (χ0v) is 13.5. The summed E-state index contributed by atoms with van der Waals surface area (Å²) in [7, 11) is 0. The van der Waals surface area contributed by atoms with Gasteiger partial charge in [-0.05, 0) is 30.5 Å². The second-order valence-corrected chi connectivity index (χ2v) is 6.35. The maximum absolute atomic E-state index is 12.4. The minimum absolute atomic E-state index is 0.209. The third-order valence-electron chi connectivity index (χ3n) is 4.16. The Balaban J connectivity index is 2.65. The van der Waals surface area contributed by atoms with Crippen LogP contribution in [-0.2, 0) is 16.0 Å². The largest absolute Gasteiger partial charge is 0.478 e. The van der Waals surface area contributed by atoms with Crippen LogP contribution in [-0.4, -0.2) is 33.7 Å². The molecule has 0 heterocycles. The molecule has 1 aromatic carbocycles. The molecule has 0 saturated carbocycles. The first-order chi connectivity index (χ1) is 10.5. The van der Waals surface area contributed by atoms with Gasteiger partial charge in [0.15, 0.2) is 0 Å². The number of aryl methyl sites for hydroxylation is 1. The van der Waals surface area contributed by atoms with Crippen LogP contribution in [0.25, 0.3) is 0 Å².